The fourth-order valence-electron chi connectivity index (χ4n) is 3.05. The molecule has 88 valence electrons. The highest BCUT2D eigenvalue weighted by molar-refractivity contribution is 7.09. The number of nitrogens with one attached hydrogen (secondary N) is 1. The van der Waals surface area contributed by atoms with Gasteiger partial charge in [0.05, 0.1) is 6.54 Å². The Labute approximate surface area is 101 Å². The van der Waals surface area contributed by atoms with Gasteiger partial charge < -0.3 is 5.32 Å². The minimum absolute atomic E-state index is 0.738. The summed E-state index contributed by atoms with van der Waals surface area (Å²) >= 11 is 1.78. The summed E-state index contributed by atoms with van der Waals surface area (Å²) < 4.78 is 0. The third-order valence-corrected chi connectivity index (χ3v) is 4.56. The summed E-state index contributed by atoms with van der Waals surface area (Å²) in [5.41, 5.74) is 0. The third-order valence-electron chi connectivity index (χ3n) is 3.80. The summed E-state index contributed by atoms with van der Waals surface area (Å²) in [6.45, 7) is 3.52. The highest BCUT2D eigenvalue weighted by Gasteiger charge is 2.33. The van der Waals surface area contributed by atoms with E-state index in [0.717, 1.165) is 18.6 Å². The molecule has 0 amide bonds. The van der Waals surface area contributed by atoms with E-state index in [2.05, 4.69) is 20.6 Å². The maximum absolute atomic E-state index is 4.40. The summed E-state index contributed by atoms with van der Waals surface area (Å²) in [7, 11) is 0. The monoisotopic (exact) mass is 237 g/mol. The molecule has 4 heteroatoms. The molecular formula is C12H19N3S. The van der Waals surface area contributed by atoms with Gasteiger partial charge in [0.25, 0.3) is 0 Å². The first kappa shape index (κ1) is 10.7. The number of nitrogens with zero attached hydrogens (tertiary/aromatic N) is 2. The SMILES string of the molecule is c1csc(CN2CCCC2C2CCCN2)n1. The Balaban J connectivity index is 1.64. The maximum atomic E-state index is 4.40. The van der Waals surface area contributed by atoms with E-state index in [0.29, 0.717) is 0 Å². The van der Waals surface area contributed by atoms with Crippen LogP contribution in [0.2, 0.25) is 0 Å². The molecule has 2 aliphatic heterocycles. The van der Waals surface area contributed by atoms with Crippen LogP contribution in [0.1, 0.15) is 30.7 Å². The molecule has 3 rings (SSSR count). The zero-order valence-electron chi connectivity index (χ0n) is 9.56. The van der Waals surface area contributed by atoms with E-state index in [1.807, 2.05) is 6.20 Å². The second-order valence-corrected chi connectivity index (χ2v) is 5.79. The quantitative estimate of drug-likeness (QED) is 0.870. The van der Waals surface area contributed by atoms with Gasteiger partial charge in [0, 0.05) is 23.7 Å². The van der Waals surface area contributed by atoms with Gasteiger partial charge in [-0.15, -0.1) is 11.3 Å². The van der Waals surface area contributed by atoms with Gasteiger partial charge in [0.2, 0.25) is 0 Å². The highest BCUT2D eigenvalue weighted by Crippen LogP contribution is 2.26. The van der Waals surface area contributed by atoms with Crippen molar-refractivity contribution in [3.05, 3.63) is 16.6 Å². The average molecular weight is 237 g/mol. The van der Waals surface area contributed by atoms with E-state index in [-0.39, 0.29) is 0 Å². The van der Waals surface area contributed by atoms with E-state index < -0.39 is 0 Å². The minimum atomic E-state index is 0.738. The van der Waals surface area contributed by atoms with E-state index in [9.17, 15) is 0 Å². The van der Waals surface area contributed by atoms with Gasteiger partial charge in [-0.05, 0) is 38.8 Å². The van der Waals surface area contributed by atoms with E-state index in [4.69, 9.17) is 0 Å². The lowest BCUT2D eigenvalue weighted by Gasteiger charge is -2.28. The Morgan fingerprint density at radius 3 is 3.19 bits per heavy atom. The summed E-state index contributed by atoms with van der Waals surface area (Å²) in [5.74, 6) is 0. The Kier molecular flexibility index (Phi) is 3.22. The van der Waals surface area contributed by atoms with Gasteiger partial charge in [-0.25, -0.2) is 4.98 Å². The molecule has 16 heavy (non-hydrogen) atoms. The first-order chi connectivity index (χ1) is 7.93. The third kappa shape index (κ3) is 2.14. The smallest absolute Gasteiger partial charge is 0.107 e. The summed E-state index contributed by atoms with van der Waals surface area (Å²) in [5, 5.41) is 7.00. The molecule has 2 unspecified atom stereocenters. The van der Waals surface area contributed by atoms with Crippen molar-refractivity contribution >= 4 is 11.3 Å². The largest absolute Gasteiger partial charge is 0.312 e. The van der Waals surface area contributed by atoms with Crippen molar-refractivity contribution < 1.29 is 0 Å². The van der Waals surface area contributed by atoms with Gasteiger partial charge in [-0.1, -0.05) is 0 Å². The van der Waals surface area contributed by atoms with Crippen LogP contribution in [0.4, 0.5) is 0 Å². The molecule has 0 saturated carbocycles. The average Bonchev–Trinajstić information content (AvgIpc) is 2.98. The van der Waals surface area contributed by atoms with Crippen molar-refractivity contribution in [1.82, 2.24) is 15.2 Å². The van der Waals surface area contributed by atoms with Crippen LogP contribution in [-0.4, -0.2) is 35.1 Å². The Bertz CT molecular complexity index is 319. The number of likely N-dealkylation sites (tertiary alicyclic amines) is 1. The van der Waals surface area contributed by atoms with Crippen LogP contribution in [0.3, 0.4) is 0 Å². The standard InChI is InChI=1S/C12H19N3S/c1-3-10(13-5-1)11-4-2-7-15(11)9-12-14-6-8-16-12/h6,8,10-11,13H,1-5,7,9H2. The molecule has 3 nitrogen and oxygen atoms in total. The van der Waals surface area contributed by atoms with Crippen molar-refractivity contribution in [1.29, 1.82) is 0 Å². The lowest BCUT2D eigenvalue weighted by atomic mass is 10.0. The Morgan fingerprint density at radius 2 is 2.44 bits per heavy atom. The molecule has 1 N–H and O–H groups in total. The first-order valence-corrected chi connectivity index (χ1v) is 7.17. The molecule has 2 atom stereocenters. The molecule has 0 aromatic carbocycles. The van der Waals surface area contributed by atoms with Crippen LogP contribution in [0.15, 0.2) is 11.6 Å². The molecule has 1 aromatic rings. The molecule has 0 radical (unpaired) electrons. The fraction of sp³-hybridized carbons (Fsp3) is 0.750. The Hall–Kier alpha value is -0.450. The normalized spacial score (nSPS) is 31.2. The van der Waals surface area contributed by atoms with Gasteiger partial charge in [-0.3, -0.25) is 4.90 Å². The van der Waals surface area contributed by atoms with E-state index >= 15 is 0 Å². The number of aromatic nitrogens is 1. The molecule has 0 bridgehead atoms. The van der Waals surface area contributed by atoms with Crippen LogP contribution >= 0.6 is 11.3 Å². The summed E-state index contributed by atoms with van der Waals surface area (Å²) in [6, 6.07) is 1.49. The second-order valence-electron chi connectivity index (χ2n) is 4.81. The minimum Gasteiger partial charge on any atom is -0.312 e. The maximum Gasteiger partial charge on any atom is 0.107 e. The fourth-order valence-corrected chi connectivity index (χ4v) is 3.69. The molecule has 2 saturated heterocycles. The van der Waals surface area contributed by atoms with Gasteiger partial charge >= 0.3 is 0 Å². The topological polar surface area (TPSA) is 28.2 Å². The lowest BCUT2D eigenvalue weighted by Crippen LogP contribution is -2.43. The number of thiazole rings is 1. The Morgan fingerprint density at radius 1 is 1.44 bits per heavy atom. The number of hydrogen-bond donors (Lipinski definition) is 1. The number of rotatable bonds is 3. The van der Waals surface area contributed by atoms with Gasteiger partial charge in [0.1, 0.15) is 5.01 Å². The molecular weight excluding hydrogens is 218 g/mol. The molecule has 3 heterocycles. The van der Waals surface area contributed by atoms with Crippen LogP contribution in [0.5, 0.6) is 0 Å². The van der Waals surface area contributed by atoms with Gasteiger partial charge in [0.15, 0.2) is 0 Å². The number of hydrogen-bond acceptors (Lipinski definition) is 4. The lowest BCUT2D eigenvalue weighted by molar-refractivity contribution is 0.206. The predicted octanol–water partition coefficient (Wildman–Crippen LogP) is 1.86. The highest BCUT2D eigenvalue weighted by atomic mass is 32.1. The van der Waals surface area contributed by atoms with Crippen LogP contribution in [0.25, 0.3) is 0 Å². The molecule has 2 fully saturated rings. The zero-order valence-corrected chi connectivity index (χ0v) is 10.4. The van der Waals surface area contributed by atoms with Crippen molar-refractivity contribution in [2.24, 2.45) is 0 Å². The molecule has 2 aliphatic rings. The van der Waals surface area contributed by atoms with Gasteiger partial charge in [-0.2, -0.15) is 0 Å². The van der Waals surface area contributed by atoms with Crippen molar-refractivity contribution in [3.63, 3.8) is 0 Å². The van der Waals surface area contributed by atoms with Crippen molar-refractivity contribution in [3.8, 4) is 0 Å². The van der Waals surface area contributed by atoms with Crippen LogP contribution in [-0.2, 0) is 6.54 Å². The van der Waals surface area contributed by atoms with Crippen LogP contribution < -0.4 is 5.32 Å². The molecule has 0 spiro atoms. The summed E-state index contributed by atoms with van der Waals surface area (Å²) in [4.78, 5) is 7.02. The zero-order chi connectivity index (χ0) is 10.8. The van der Waals surface area contributed by atoms with Crippen LogP contribution in [0, 0.1) is 0 Å². The van der Waals surface area contributed by atoms with Crippen molar-refractivity contribution in [2.45, 2.75) is 44.3 Å². The molecule has 1 aromatic heterocycles. The van der Waals surface area contributed by atoms with Crippen molar-refractivity contribution in [2.75, 3.05) is 13.1 Å². The summed E-state index contributed by atoms with van der Waals surface area (Å²) in [6.07, 6.45) is 7.35. The van der Waals surface area contributed by atoms with E-state index in [1.54, 1.807) is 11.3 Å². The predicted molar refractivity (Wildman–Crippen MR) is 66.6 cm³/mol. The second kappa shape index (κ2) is 4.82. The van der Waals surface area contributed by atoms with E-state index in [1.165, 1.54) is 43.8 Å². The first-order valence-electron chi connectivity index (χ1n) is 6.29. The molecule has 0 aliphatic carbocycles.